The molecule has 150 valence electrons. The summed E-state index contributed by atoms with van der Waals surface area (Å²) in [5.41, 5.74) is 5.80. The zero-order valence-corrected chi connectivity index (χ0v) is 16.9. The number of hydrogen-bond acceptors (Lipinski definition) is 1. The first-order valence-corrected chi connectivity index (χ1v) is 10.4. The molecule has 1 nitrogen and oxygen atoms in total. The van der Waals surface area contributed by atoms with E-state index in [0.29, 0.717) is 5.56 Å². The number of allylic oxidation sites excluding steroid dienone is 1. The van der Waals surface area contributed by atoms with Crippen LogP contribution < -0.4 is 0 Å². The van der Waals surface area contributed by atoms with E-state index in [9.17, 15) is 9.18 Å². The van der Waals surface area contributed by atoms with Crippen LogP contribution in [0.15, 0.2) is 115 Å². The van der Waals surface area contributed by atoms with Crippen LogP contribution in [0.3, 0.4) is 0 Å². The second kappa shape index (κ2) is 8.16. The number of rotatable bonds is 4. The third-order valence-corrected chi connectivity index (χ3v) is 5.97. The molecule has 0 spiro atoms. The summed E-state index contributed by atoms with van der Waals surface area (Å²) >= 11 is 0. The fourth-order valence-corrected chi connectivity index (χ4v) is 4.50. The molecule has 4 aromatic carbocycles. The predicted octanol–water partition coefficient (Wildman–Crippen LogP) is 7.02. The predicted molar refractivity (Wildman–Crippen MR) is 123 cm³/mol. The highest BCUT2D eigenvalue weighted by atomic mass is 19.1. The first-order chi connectivity index (χ1) is 15.2. The van der Waals surface area contributed by atoms with Gasteiger partial charge in [-0.05, 0) is 40.0 Å². The minimum atomic E-state index is -0.329. The van der Waals surface area contributed by atoms with Crippen molar-refractivity contribution in [1.82, 2.24) is 0 Å². The molecule has 2 heteroatoms. The molecule has 1 aliphatic carbocycles. The SMILES string of the molecule is O=C(c1ccccc1)[C@@H]1c2ccccc2C(c2ccc(F)cc2)=C[C@H]1c1ccccc1. The zero-order chi connectivity index (χ0) is 21.2. The highest BCUT2D eigenvalue weighted by molar-refractivity contribution is 6.04. The van der Waals surface area contributed by atoms with Gasteiger partial charge in [0.15, 0.2) is 5.78 Å². The molecule has 0 heterocycles. The quantitative estimate of drug-likeness (QED) is 0.334. The van der Waals surface area contributed by atoms with Crippen LogP contribution in [-0.2, 0) is 0 Å². The molecule has 0 aromatic heterocycles. The number of hydrogen-bond donors (Lipinski definition) is 0. The summed E-state index contributed by atoms with van der Waals surface area (Å²) < 4.78 is 13.6. The van der Waals surface area contributed by atoms with Gasteiger partial charge in [-0.1, -0.05) is 103 Å². The number of benzene rings is 4. The molecule has 2 atom stereocenters. The Kier molecular flexibility index (Phi) is 5.05. The molecule has 1 aliphatic rings. The van der Waals surface area contributed by atoms with Gasteiger partial charge in [0.1, 0.15) is 5.82 Å². The van der Waals surface area contributed by atoms with Crippen molar-refractivity contribution in [2.45, 2.75) is 11.8 Å². The lowest BCUT2D eigenvalue weighted by molar-refractivity contribution is 0.0952. The molecule has 0 aliphatic heterocycles. The largest absolute Gasteiger partial charge is 0.293 e. The maximum atomic E-state index is 13.8. The second-order valence-corrected chi connectivity index (χ2v) is 7.82. The van der Waals surface area contributed by atoms with E-state index in [1.165, 1.54) is 12.1 Å². The molecule has 0 amide bonds. The summed E-state index contributed by atoms with van der Waals surface area (Å²) in [7, 11) is 0. The van der Waals surface area contributed by atoms with Crippen molar-refractivity contribution in [2.24, 2.45) is 0 Å². The van der Waals surface area contributed by atoms with E-state index in [1.807, 2.05) is 66.7 Å². The Labute approximate surface area is 181 Å². The molecule has 4 aromatic rings. The van der Waals surface area contributed by atoms with Crippen LogP contribution in [0.1, 0.15) is 44.4 Å². The summed E-state index contributed by atoms with van der Waals surface area (Å²) in [5, 5.41) is 0. The van der Waals surface area contributed by atoms with Gasteiger partial charge in [-0.3, -0.25) is 4.79 Å². The van der Waals surface area contributed by atoms with Crippen molar-refractivity contribution in [3.63, 3.8) is 0 Å². The number of carbonyl (C=O) groups excluding carboxylic acids is 1. The van der Waals surface area contributed by atoms with Crippen molar-refractivity contribution in [2.75, 3.05) is 0 Å². The van der Waals surface area contributed by atoms with Crippen molar-refractivity contribution in [3.05, 3.63) is 149 Å². The third-order valence-electron chi connectivity index (χ3n) is 5.97. The van der Waals surface area contributed by atoms with Crippen LogP contribution in [-0.4, -0.2) is 5.78 Å². The minimum absolute atomic E-state index is 0.108. The fourth-order valence-electron chi connectivity index (χ4n) is 4.50. The van der Waals surface area contributed by atoms with Gasteiger partial charge in [0.25, 0.3) is 0 Å². The Hall–Kier alpha value is -3.78. The van der Waals surface area contributed by atoms with Crippen molar-refractivity contribution in [1.29, 1.82) is 0 Å². The van der Waals surface area contributed by atoms with Crippen LogP contribution in [0.25, 0.3) is 5.57 Å². The topological polar surface area (TPSA) is 17.1 Å². The Morgan fingerprint density at radius 1 is 0.677 bits per heavy atom. The number of carbonyl (C=O) groups is 1. The highest BCUT2D eigenvalue weighted by Crippen LogP contribution is 2.46. The highest BCUT2D eigenvalue weighted by Gasteiger charge is 2.36. The fraction of sp³-hybridized carbons (Fsp3) is 0.0690. The second-order valence-electron chi connectivity index (χ2n) is 7.82. The van der Waals surface area contributed by atoms with Crippen molar-refractivity contribution in [3.8, 4) is 0 Å². The molecule has 0 N–H and O–H groups in total. The smallest absolute Gasteiger partial charge is 0.171 e. The van der Waals surface area contributed by atoms with E-state index in [-0.39, 0.29) is 23.4 Å². The van der Waals surface area contributed by atoms with Gasteiger partial charge >= 0.3 is 0 Å². The van der Waals surface area contributed by atoms with E-state index < -0.39 is 0 Å². The summed E-state index contributed by atoms with van der Waals surface area (Å²) in [6, 6.07) is 34.3. The summed E-state index contributed by atoms with van der Waals surface area (Å²) in [6.07, 6.45) is 2.18. The normalized spacial score (nSPS) is 17.5. The molecule has 0 saturated heterocycles. The summed E-state index contributed by atoms with van der Waals surface area (Å²) in [5.74, 6) is -0.601. The van der Waals surface area contributed by atoms with Crippen LogP contribution >= 0.6 is 0 Å². The van der Waals surface area contributed by atoms with Gasteiger partial charge in [0.2, 0.25) is 0 Å². The van der Waals surface area contributed by atoms with E-state index in [4.69, 9.17) is 0 Å². The van der Waals surface area contributed by atoms with E-state index in [0.717, 1.165) is 27.8 Å². The summed E-state index contributed by atoms with van der Waals surface area (Å²) in [4.78, 5) is 13.8. The van der Waals surface area contributed by atoms with Gasteiger partial charge in [-0.2, -0.15) is 0 Å². The van der Waals surface area contributed by atoms with Gasteiger partial charge in [-0.25, -0.2) is 4.39 Å². The molecule has 5 rings (SSSR count). The molecule has 31 heavy (non-hydrogen) atoms. The molecular formula is C29H21FO. The van der Waals surface area contributed by atoms with Crippen LogP contribution in [0, 0.1) is 5.82 Å². The average molecular weight is 404 g/mol. The Morgan fingerprint density at radius 3 is 2.00 bits per heavy atom. The lowest BCUT2D eigenvalue weighted by atomic mass is 9.69. The molecule has 0 bridgehead atoms. The number of fused-ring (bicyclic) bond motifs is 1. The molecule has 0 unspecified atom stereocenters. The van der Waals surface area contributed by atoms with Gasteiger partial charge in [-0.15, -0.1) is 0 Å². The lowest BCUT2D eigenvalue weighted by Crippen LogP contribution is -2.24. The van der Waals surface area contributed by atoms with Crippen LogP contribution in [0.2, 0.25) is 0 Å². The first kappa shape index (κ1) is 19.2. The van der Waals surface area contributed by atoms with Crippen molar-refractivity contribution < 1.29 is 9.18 Å². The Morgan fingerprint density at radius 2 is 1.29 bits per heavy atom. The maximum Gasteiger partial charge on any atom is 0.171 e. The average Bonchev–Trinajstić information content (AvgIpc) is 2.84. The van der Waals surface area contributed by atoms with Crippen LogP contribution in [0.4, 0.5) is 4.39 Å². The molecule has 0 radical (unpaired) electrons. The minimum Gasteiger partial charge on any atom is -0.293 e. The van der Waals surface area contributed by atoms with E-state index in [1.54, 1.807) is 12.1 Å². The van der Waals surface area contributed by atoms with Crippen LogP contribution in [0.5, 0.6) is 0 Å². The number of halogens is 1. The van der Waals surface area contributed by atoms with E-state index >= 15 is 0 Å². The standard InChI is InChI=1S/C29H21FO/c30-23-17-15-21(16-18-23)26-19-27(20-9-3-1-4-10-20)28(25-14-8-7-13-24(25)26)29(31)22-11-5-2-6-12-22/h1-19,27-28H/t27-,28+/m0/s1. The molecule has 0 fully saturated rings. The first-order valence-electron chi connectivity index (χ1n) is 10.4. The number of Topliss-reactive ketones (excluding diaryl/α,β-unsaturated/α-hetero) is 1. The Balaban J connectivity index is 1.72. The molecular weight excluding hydrogens is 383 g/mol. The van der Waals surface area contributed by atoms with Gasteiger partial charge < -0.3 is 0 Å². The molecule has 0 saturated carbocycles. The zero-order valence-electron chi connectivity index (χ0n) is 16.9. The third kappa shape index (κ3) is 3.62. The number of ketones is 1. The van der Waals surface area contributed by atoms with E-state index in [2.05, 4.69) is 24.3 Å². The van der Waals surface area contributed by atoms with Crippen molar-refractivity contribution >= 4 is 11.4 Å². The lowest BCUT2D eigenvalue weighted by Gasteiger charge is -2.32. The maximum absolute atomic E-state index is 13.8. The summed E-state index contributed by atoms with van der Waals surface area (Å²) in [6.45, 7) is 0. The monoisotopic (exact) mass is 404 g/mol. The van der Waals surface area contributed by atoms with Gasteiger partial charge in [0, 0.05) is 11.5 Å². The van der Waals surface area contributed by atoms with Gasteiger partial charge in [0.05, 0.1) is 5.92 Å². The Bertz CT molecular complexity index is 1240.